The first-order valence-electron chi connectivity index (χ1n) is 6.87. The molecule has 6 heteroatoms. The summed E-state index contributed by atoms with van der Waals surface area (Å²) in [7, 11) is 0. The summed E-state index contributed by atoms with van der Waals surface area (Å²) in [6, 6.07) is 13.4. The molecule has 0 unspecified atom stereocenters. The highest BCUT2D eigenvalue weighted by atomic mass is 32.2. The SMILES string of the molecule is N#Cc1cnc(N)cc1S[C@H](C[C@H](N)CO)c1ccccc1. The first-order chi connectivity index (χ1) is 10.6. The number of aliphatic hydroxyl groups excluding tert-OH is 1. The molecule has 1 aromatic heterocycles. The summed E-state index contributed by atoms with van der Waals surface area (Å²) >= 11 is 1.52. The van der Waals surface area contributed by atoms with Crippen LogP contribution in [0.4, 0.5) is 5.82 Å². The fraction of sp³-hybridized carbons (Fsp3) is 0.250. The van der Waals surface area contributed by atoms with Crippen molar-refractivity contribution in [3.05, 3.63) is 53.7 Å². The van der Waals surface area contributed by atoms with Gasteiger partial charge in [0.2, 0.25) is 0 Å². The molecule has 0 aliphatic heterocycles. The van der Waals surface area contributed by atoms with E-state index in [1.165, 1.54) is 18.0 Å². The number of aliphatic hydroxyl groups is 1. The highest BCUT2D eigenvalue weighted by molar-refractivity contribution is 7.99. The molecule has 22 heavy (non-hydrogen) atoms. The molecule has 0 amide bonds. The molecule has 5 nitrogen and oxygen atoms in total. The van der Waals surface area contributed by atoms with Crippen LogP contribution in [0.2, 0.25) is 0 Å². The van der Waals surface area contributed by atoms with Crippen LogP contribution in [0.5, 0.6) is 0 Å². The molecule has 0 saturated carbocycles. The van der Waals surface area contributed by atoms with Crippen molar-refractivity contribution in [3.63, 3.8) is 0 Å². The number of pyridine rings is 1. The molecule has 2 aromatic rings. The molecular formula is C16H18N4OS. The van der Waals surface area contributed by atoms with Gasteiger partial charge in [0.15, 0.2) is 0 Å². The van der Waals surface area contributed by atoms with Crippen LogP contribution < -0.4 is 11.5 Å². The Kier molecular flexibility index (Phi) is 5.78. The summed E-state index contributed by atoms with van der Waals surface area (Å²) < 4.78 is 0. The fourth-order valence-electron chi connectivity index (χ4n) is 2.06. The van der Waals surface area contributed by atoms with Gasteiger partial charge >= 0.3 is 0 Å². The molecule has 0 bridgehead atoms. The smallest absolute Gasteiger partial charge is 0.124 e. The van der Waals surface area contributed by atoms with E-state index in [0.29, 0.717) is 17.8 Å². The van der Waals surface area contributed by atoms with Gasteiger partial charge in [-0.25, -0.2) is 4.98 Å². The number of benzene rings is 1. The largest absolute Gasteiger partial charge is 0.395 e. The van der Waals surface area contributed by atoms with Gasteiger partial charge < -0.3 is 16.6 Å². The Labute approximate surface area is 134 Å². The highest BCUT2D eigenvalue weighted by Gasteiger charge is 2.18. The average Bonchev–Trinajstić information content (AvgIpc) is 2.55. The number of hydrogen-bond donors (Lipinski definition) is 3. The van der Waals surface area contributed by atoms with Crippen molar-refractivity contribution < 1.29 is 5.11 Å². The summed E-state index contributed by atoms with van der Waals surface area (Å²) in [5.41, 5.74) is 13.2. The van der Waals surface area contributed by atoms with E-state index in [1.807, 2.05) is 30.3 Å². The molecule has 0 radical (unpaired) electrons. The molecular weight excluding hydrogens is 296 g/mol. The van der Waals surface area contributed by atoms with Crippen molar-refractivity contribution in [2.24, 2.45) is 5.73 Å². The minimum Gasteiger partial charge on any atom is -0.395 e. The molecule has 5 N–H and O–H groups in total. The molecule has 0 aliphatic rings. The van der Waals surface area contributed by atoms with Crippen LogP contribution in [0.1, 0.15) is 22.8 Å². The Morgan fingerprint density at radius 1 is 1.32 bits per heavy atom. The average molecular weight is 314 g/mol. The fourth-order valence-corrected chi connectivity index (χ4v) is 3.41. The van der Waals surface area contributed by atoms with Gasteiger partial charge in [-0.3, -0.25) is 0 Å². The van der Waals surface area contributed by atoms with Gasteiger partial charge in [0.05, 0.1) is 12.2 Å². The van der Waals surface area contributed by atoms with Crippen LogP contribution in [0.15, 0.2) is 47.5 Å². The quantitative estimate of drug-likeness (QED) is 0.704. The Morgan fingerprint density at radius 2 is 2.05 bits per heavy atom. The zero-order valence-electron chi connectivity index (χ0n) is 12.0. The van der Waals surface area contributed by atoms with Gasteiger partial charge in [0.25, 0.3) is 0 Å². The van der Waals surface area contributed by atoms with Crippen molar-refractivity contribution in [2.75, 3.05) is 12.3 Å². The predicted octanol–water partition coefficient (Wildman–Crippen LogP) is 2.08. The Hall–Kier alpha value is -2.07. The number of nitriles is 1. The van der Waals surface area contributed by atoms with E-state index < -0.39 is 0 Å². The van der Waals surface area contributed by atoms with Crippen molar-refractivity contribution in [1.29, 1.82) is 5.26 Å². The van der Waals surface area contributed by atoms with Gasteiger partial charge in [-0.1, -0.05) is 30.3 Å². The number of anilines is 1. The molecule has 1 heterocycles. The lowest BCUT2D eigenvalue weighted by molar-refractivity contribution is 0.259. The number of aromatic nitrogens is 1. The Morgan fingerprint density at radius 3 is 2.68 bits per heavy atom. The van der Waals surface area contributed by atoms with Crippen LogP contribution in [0, 0.1) is 11.3 Å². The van der Waals surface area contributed by atoms with Crippen molar-refractivity contribution in [1.82, 2.24) is 4.98 Å². The van der Waals surface area contributed by atoms with E-state index >= 15 is 0 Å². The number of thioether (sulfide) groups is 1. The topological polar surface area (TPSA) is 109 Å². The second-order valence-corrected chi connectivity index (χ2v) is 6.16. The Bertz CT molecular complexity index is 657. The number of nitrogen functional groups attached to an aromatic ring is 1. The van der Waals surface area contributed by atoms with E-state index in [9.17, 15) is 10.4 Å². The van der Waals surface area contributed by atoms with Gasteiger partial charge in [0, 0.05) is 22.4 Å². The minimum absolute atomic E-state index is 0.0252. The molecule has 1 aromatic carbocycles. The van der Waals surface area contributed by atoms with Gasteiger partial charge in [0.1, 0.15) is 11.9 Å². The van der Waals surface area contributed by atoms with Gasteiger partial charge in [-0.2, -0.15) is 5.26 Å². The minimum atomic E-state index is -0.317. The van der Waals surface area contributed by atoms with Crippen LogP contribution in [-0.2, 0) is 0 Å². The van der Waals surface area contributed by atoms with Crippen LogP contribution >= 0.6 is 11.8 Å². The summed E-state index contributed by atoms with van der Waals surface area (Å²) in [6.45, 7) is -0.0759. The van der Waals surface area contributed by atoms with Crippen molar-refractivity contribution in [3.8, 4) is 6.07 Å². The molecule has 0 saturated heterocycles. The van der Waals surface area contributed by atoms with Crippen LogP contribution in [-0.4, -0.2) is 22.7 Å². The summed E-state index contributed by atoms with van der Waals surface area (Å²) in [6.07, 6.45) is 2.07. The first kappa shape index (κ1) is 16.3. The van der Waals surface area contributed by atoms with Crippen molar-refractivity contribution in [2.45, 2.75) is 22.6 Å². The molecule has 2 rings (SSSR count). The number of hydrogen-bond acceptors (Lipinski definition) is 6. The van der Waals surface area contributed by atoms with Crippen LogP contribution in [0.3, 0.4) is 0 Å². The summed E-state index contributed by atoms with van der Waals surface area (Å²) in [5, 5.41) is 18.5. The molecule has 0 fully saturated rings. The highest BCUT2D eigenvalue weighted by Crippen LogP contribution is 2.40. The third kappa shape index (κ3) is 4.21. The first-order valence-corrected chi connectivity index (χ1v) is 7.75. The second-order valence-electron chi connectivity index (χ2n) is 4.91. The third-order valence-corrected chi connectivity index (χ3v) is 4.54. The van der Waals surface area contributed by atoms with E-state index in [-0.39, 0.29) is 17.9 Å². The lowest BCUT2D eigenvalue weighted by Crippen LogP contribution is -2.26. The molecule has 2 atom stereocenters. The predicted molar refractivity (Wildman–Crippen MR) is 88.1 cm³/mol. The maximum Gasteiger partial charge on any atom is 0.124 e. The van der Waals surface area contributed by atoms with Gasteiger partial charge in [-0.05, 0) is 18.1 Å². The third-order valence-electron chi connectivity index (χ3n) is 3.20. The maximum absolute atomic E-state index is 9.22. The summed E-state index contributed by atoms with van der Waals surface area (Å²) in [5.74, 6) is 0.375. The van der Waals surface area contributed by atoms with Crippen LogP contribution in [0.25, 0.3) is 0 Å². The zero-order valence-corrected chi connectivity index (χ0v) is 12.8. The standard InChI is InChI=1S/C16H18N4OS/c17-8-12-9-20-16(19)7-15(12)22-14(6-13(18)10-21)11-4-2-1-3-5-11/h1-5,7,9,13-14,21H,6,10,18H2,(H2,19,20)/t13-,14+/m0/s1. The lowest BCUT2D eigenvalue weighted by atomic mass is 10.1. The molecule has 114 valence electrons. The molecule has 0 aliphatic carbocycles. The maximum atomic E-state index is 9.22. The lowest BCUT2D eigenvalue weighted by Gasteiger charge is -2.20. The Balaban J connectivity index is 2.31. The van der Waals surface area contributed by atoms with E-state index in [2.05, 4.69) is 11.1 Å². The second kappa shape index (κ2) is 7.80. The number of nitrogens with zero attached hydrogens (tertiary/aromatic N) is 2. The van der Waals surface area contributed by atoms with E-state index in [1.54, 1.807) is 6.07 Å². The number of nitrogens with two attached hydrogens (primary N) is 2. The van der Waals surface area contributed by atoms with Gasteiger partial charge in [-0.15, -0.1) is 11.8 Å². The zero-order chi connectivity index (χ0) is 15.9. The summed E-state index contributed by atoms with van der Waals surface area (Å²) in [4.78, 5) is 4.72. The monoisotopic (exact) mass is 314 g/mol. The number of rotatable bonds is 6. The van der Waals surface area contributed by atoms with Crippen molar-refractivity contribution >= 4 is 17.6 Å². The van der Waals surface area contributed by atoms with E-state index in [0.717, 1.165) is 10.5 Å². The van der Waals surface area contributed by atoms with E-state index in [4.69, 9.17) is 11.5 Å². The molecule has 0 spiro atoms. The normalized spacial score (nSPS) is 13.3.